The Bertz CT molecular complexity index is 1240. The lowest BCUT2D eigenvalue weighted by atomic mass is 10.1. The molecule has 0 saturated carbocycles. The van der Waals surface area contributed by atoms with E-state index in [-0.39, 0.29) is 28.6 Å². The third-order valence-electron chi connectivity index (χ3n) is 5.20. The number of amides is 1. The van der Waals surface area contributed by atoms with Gasteiger partial charge in [0.25, 0.3) is 5.91 Å². The molecule has 1 N–H and O–H groups in total. The van der Waals surface area contributed by atoms with E-state index in [0.717, 1.165) is 5.56 Å². The summed E-state index contributed by atoms with van der Waals surface area (Å²) in [5, 5.41) is 2.73. The maximum atomic E-state index is 13.1. The zero-order chi connectivity index (χ0) is 24.7. The maximum absolute atomic E-state index is 13.1. The zero-order valence-electron chi connectivity index (χ0n) is 19.2. The van der Waals surface area contributed by atoms with E-state index in [0.29, 0.717) is 24.6 Å². The Morgan fingerprint density at radius 3 is 2.29 bits per heavy atom. The molecule has 0 aliphatic rings. The summed E-state index contributed by atoms with van der Waals surface area (Å²) in [5.41, 5.74) is 1.21. The van der Waals surface area contributed by atoms with Crippen molar-refractivity contribution in [2.24, 2.45) is 0 Å². The average Bonchev–Trinajstić information content (AvgIpc) is 2.84. The summed E-state index contributed by atoms with van der Waals surface area (Å²) in [6.07, 6.45) is 0. The van der Waals surface area contributed by atoms with Crippen LogP contribution >= 0.6 is 0 Å². The number of hydrogen-bond donors (Lipinski definition) is 1. The number of nitrogens with zero attached hydrogens (tertiary/aromatic N) is 1. The number of nitrogens with one attached hydrogen (secondary N) is 1. The van der Waals surface area contributed by atoms with Crippen LogP contribution in [0.15, 0.2) is 71.6 Å². The second kappa shape index (κ2) is 11.1. The monoisotopic (exact) mass is 486 g/mol. The van der Waals surface area contributed by atoms with Gasteiger partial charge in [0.15, 0.2) is 0 Å². The third kappa shape index (κ3) is 5.73. The predicted molar refractivity (Wildman–Crippen MR) is 128 cm³/mol. The highest BCUT2D eigenvalue weighted by molar-refractivity contribution is 7.89. The summed E-state index contributed by atoms with van der Waals surface area (Å²) < 4.78 is 51.4. The number of sulfonamides is 1. The predicted octanol–water partition coefficient (Wildman–Crippen LogP) is 4.70. The van der Waals surface area contributed by atoms with Crippen molar-refractivity contribution in [2.75, 3.05) is 25.5 Å². The molecule has 0 radical (unpaired) electrons. The Morgan fingerprint density at radius 2 is 1.65 bits per heavy atom. The van der Waals surface area contributed by atoms with Gasteiger partial charge in [-0.15, -0.1) is 0 Å². The number of ether oxygens (including phenoxy) is 2. The van der Waals surface area contributed by atoms with Crippen molar-refractivity contribution in [3.63, 3.8) is 0 Å². The fraction of sp³-hybridized carbons (Fsp3) is 0.240. The first-order chi connectivity index (χ1) is 16.3. The van der Waals surface area contributed by atoms with E-state index in [2.05, 4.69) is 5.32 Å². The first-order valence-corrected chi connectivity index (χ1v) is 12.2. The van der Waals surface area contributed by atoms with Crippen LogP contribution in [0.2, 0.25) is 0 Å². The maximum Gasteiger partial charge on any atom is 0.259 e. The lowest BCUT2D eigenvalue weighted by molar-refractivity contribution is 0.102. The minimum Gasteiger partial charge on any atom is -0.495 e. The topological polar surface area (TPSA) is 84.9 Å². The van der Waals surface area contributed by atoms with Crippen LogP contribution in [-0.4, -0.2) is 38.8 Å². The summed E-state index contributed by atoms with van der Waals surface area (Å²) in [6.45, 7) is 4.31. The fourth-order valence-electron chi connectivity index (χ4n) is 3.37. The smallest absolute Gasteiger partial charge is 0.259 e. The lowest BCUT2D eigenvalue weighted by Gasteiger charge is -2.20. The highest BCUT2D eigenvalue weighted by Crippen LogP contribution is 2.30. The number of carbonyl (C=O) groups excluding carboxylic acids is 1. The van der Waals surface area contributed by atoms with Gasteiger partial charge in [0.05, 0.1) is 23.3 Å². The van der Waals surface area contributed by atoms with Crippen LogP contribution in [0.4, 0.5) is 10.1 Å². The Morgan fingerprint density at radius 1 is 0.971 bits per heavy atom. The number of anilines is 1. The van der Waals surface area contributed by atoms with Crippen molar-refractivity contribution in [1.29, 1.82) is 0 Å². The van der Waals surface area contributed by atoms with Crippen LogP contribution in [0, 0.1) is 5.82 Å². The van der Waals surface area contributed by atoms with Crippen LogP contribution in [0.1, 0.15) is 29.8 Å². The lowest BCUT2D eigenvalue weighted by Crippen LogP contribution is -2.30. The molecule has 0 aromatic heterocycles. The quantitative estimate of drug-likeness (QED) is 0.449. The standard InChI is InChI=1S/C25H27FN2O5S/c1-4-28(5-2)34(30,31)20-14-15-24(32-3)22(16-20)27-25(29)21-8-6-7-9-23(21)33-17-18-10-12-19(26)13-11-18/h6-16H,4-5,17H2,1-3H3,(H,27,29). The molecule has 0 fully saturated rings. The number of rotatable bonds is 10. The van der Waals surface area contributed by atoms with Gasteiger partial charge in [0.1, 0.15) is 23.9 Å². The molecule has 1 amide bonds. The molecule has 3 aromatic carbocycles. The largest absolute Gasteiger partial charge is 0.495 e. The highest BCUT2D eigenvalue weighted by Gasteiger charge is 2.24. The Kier molecular flexibility index (Phi) is 8.25. The molecular formula is C25H27FN2O5S. The van der Waals surface area contributed by atoms with E-state index in [4.69, 9.17) is 9.47 Å². The highest BCUT2D eigenvalue weighted by atomic mass is 32.2. The number of carbonyl (C=O) groups is 1. The molecule has 9 heteroatoms. The molecule has 3 rings (SSSR count). The Balaban J connectivity index is 1.86. The van der Waals surface area contributed by atoms with Gasteiger partial charge in [-0.3, -0.25) is 4.79 Å². The molecule has 0 saturated heterocycles. The summed E-state index contributed by atoms with van der Waals surface area (Å²) in [5.74, 6) is -0.195. The molecule has 34 heavy (non-hydrogen) atoms. The molecule has 3 aromatic rings. The van der Waals surface area contributed by atoms with Crippen molar-refractivity contribution in [1.82, 2.24) is 4.31 Å². The normalized spacial score (nSPS) is 11.3. The van der Waals surface area contributed by atoms with Gasteiger partial charge >= 0.3 is 0 Å². The van der Waals surface area contributed by atoms with E-state index in [1.165, 1.54) is 41.7 Å². The van der Waals surface area contributed by atoms with Crippen molar-refractivity contribution in [3.8, 4) is 11.5 Å². The van der Waals surface area contributed by atoms with Crippen molar-refractivity contribution < 1.29 is 27.1 Å². The summed E-state index contributed by atoms with van der Waals surface area (Å²) in [7, 11) is -2.29. The first-order valence-electron chi connectivity index (χ1n) is 10.8. The molecule has 0 aliphatic carbocycles. The molecule has 0 heterocycles. The van der Waals surface area contributed by atoms with Crippen LogP contribution < -0.4 is 14.8 Å². The number of benzene rings is 3. The van der Waals surface area contributed by atoms with E-state index in [1.807, 2.05) is 0 Å². The summed E-state index contributed by atoms with van der Waals surface area (Å²) >= 11 is 0. The minimum absolute atomic E-state index is 0.0492. The SMILES string of the molecule is CCN(CC)S(=O)(=O)c1ccc(OC)c(NC(=O)c2ccccc2OCc2ccc(F)cc2)c1. The van der Waals surface area contributed by atoms with Gasteiger partial charge < -0.3 is 14.8 Å². The van der Waals surface area contributed by atoms with E-state index >= 15 is 0 Å². The van der Waals surface area contributed by atoms with E-state index in [1.54, 1.807) is 50.2 Å². The summed E-state index contributed by atoms with van der Waals surface area (Å²) in [4.78, 5) is 13.2. The van der Waals surface area contributed by atoms with Crippen LogP contribution in [0.3, 0.4) is 0 Å². The molecule has 7 nitrogen and oxygen atoms in total. The molecule has 0 atom stereocenters. The van der Waals surface area contributed by atoms with Crippen LogP contribution in [0.25, 0.3) is 0 Å². The molecular weight excluding hydrogens is 459 g/mol. The van der Waals surface area contributed by atoms with Gasteiger partial charge in [-0.2, -0.15) is 4.31 Å². The second-order valence-electron chi connectivity index (χ2n) is 7.32. The molecule has 180 valence electrons. The van der Waals surface area contributed by atoms with E-state index < -0.39 is 15.9 Å². The van der Waals surface area contributed by atoms with Gasteiger partial charge in [-0.25, -0.2) is 12.8 Å². The zero-order valence-corrected chi connectivity index (χ0v) is 20.1. The molecule has 0 unspecified atom stereocenters. The number of methoxy groups -OCH3 is 1. The van der Waals surface area contributed by atoms with Gasteiger partial charge in [-0.1, -0.05) is 38.1 Å². The second-order valence-corrected chi connectivity index (χ2v) is 9.25. The van der Waals surface area contributed by atoms with Crippen LogP contribution in [0.5, 0.6) is 11.5 Å². The first kappa shape index (κ1) is 25.2. The van der Waals surface area contributed by atoms with Gasteiger partial charge in [0.2, 0.25) is 10.0 Å². The summed E-state index contributed by atoms with van der Waals surface area (Å²) in [6, 6.07) is 16.9. The molecule has 0 bridgehead atoms. The van der Waals surface area contributed by atoms with Crippen molar-refractivity contribution >= 4 is 21.6 Å². The Hall–Kier alpha value is -3.43. The molecule has 0 aliphatic heterocycles. The van der Waals surface area contributed by atoms with Gasteiger partial charge in [-0.05, 0) is 48.0 Å². The van der Waals surface area contributed by atoms with Gasteiger partial charge in [0, 0.05) is 13.1 Å². The fourth-order valence-corrected chi connectivity index (χ4v) is 4.85. The number of hydrogen-bond acceptors (Lipinski definition) is 5. The van der Waals surface area contributed by atoms with Crippen molar-refractivity contribution in [3.05, 3.63) is 83.7 Å². The van der Waals surface area contributed by atoms with Crippen molar-refractivity contribution in [2.45, 2.75) is 25.3 Å². The minimum atomic E-state index is -3.72. The van der Waals surface area contributed by atoms with E-state index in [9.17, 15) is 17.6 Å². The number of para-hydroxylation sites is 1. The molecule has 0 spiro atoms. The average molecular weight is 487 g/mol. The number of halogens is 1. The van der Waals surface area contributed by atoms with Crippen LogP contribution in [-0.2, 0) is 16.6 Å². The Labute approximate surface area is 199 Å². The third-order valence-corrected chi connectivity index (χ3v) is 7.25.